The highest BCUT2D eigenvalue weighted by atomic mass is 16.1. The van der Waals surface area contributed by atoms with Gasteiger partial charge in [-0.1, -0.05) is 39.0 Å². The molecule has 0 fully saturated rings. The van der Waals surface area contributed by atoms with Gasteiger partial charge in [-0.15, -0.1) is 0 Å². The summed E-state index contributed by atoms with van der Waals surface area (Å²) in [5.74, 6) is 0.262. The fraction of sp³-hybridized carbons (Fsp3) is 0.609. The maximum Gasteiger partial charge on any atom is 0.155 e. The highest BCUT2D eigenvalue weighted by Crippen LogP contribution is 2.29. The molecule has 2 aromatic rings. The highest BCUT2D eigenvalue weighted by molar-refractivity contribution is 5.89. The van der Waals surface area contributed by atoms with Crippen LogP contribution in [0.2, 0.25) is 0 Å². The van der Waals surface area contributed by atoms with Crippen molar-refractivity contribution in [2.24, 2.45) is 5.41 Å². The molecule has 0 bridgehead atoms. The number of fused-ring (bicyclic) bond motifs is 1. The van der Waals surface area contributed by atoms with E-state index in [0.29, 0.717) is 6.42 Å². The summed E-state index contributed by atoms with van der Waals surface area (Å²) < 4.78 is 2.38. The van der Waals surface area contributed by atoms with Crippen molar-refractivity contribution in [1.82, 2.24) is 9.88 Å². The van der Waals surface area contributed by atoms with Crippen LogP contribution in [0, 0.1) is 5.41 Å². The molecule has 0 amide bonds. The quantitative estimate of drug-likeness (QED) is 0.805. The van der Waals surface area contributed by atoms with E-state index in [1.165, 1.54) is 16.6 Å². The molecule has 1 aromatic heterocycles. The first-order valence-corrected chi connectivity index (χ1v) is 9.62. The summed E-state index contributed by atoms with van der Waals surface area (Å²) in [6.07, 6.45) is 0.694. The van der Waals surface area contributed by atoms with Crippen LogP contribution in [-0.4, -0.2) is 21.9 Å². The van der Waals surface area contributed by atoms with Gasteiger partial charge in [0.1, 0.15) is 0 Å². The molecular formula is C23H36N2O. The number of aromatic nitrogens is 1. The SMILES string of the molecule is CC(C)(C)N[C@@H](Cc1cc2ccccc2n1C(C)(C)C)C(=O)C(C)(C)C. The molecule has 0 aliphatic heterocycles. The minimum Gasteiger partial charge on any atom is -0.339 e. The zero-order chi connectivity index (χ0) is 19.9. The Morgan fingerprint density at radius 1 is 1.00 bits per heavy atom. The maximum absolute atomic E-state index is 13.2. The van der Waals surface area contributed by atoms with Crippen LogP contribution in [0.4, 0.5) is 0 Å². The van der Waals surface area contributed by atoms with Gasteiger partial charge in [0.15, 0.2) is 5.78 Å². The first-order valence-electron chi connectivity index (χ1n) is 9.62. The number of nitrogens with one attached hydrogen (secondary N) is 1. The second kappa shape index (κ2) is 6.84. The monoisotopic (exact) mass is 356 g/mol. The van der Waals surface area contributed by atoms with E-state index in [2.05, 4.69) is 81.8 Å². The van der Waals surface area contributed by atoms with E-state index in [1.807, 2.05) is 20.8 Å². The minimum absolute atomic E-state index is 0.0461. The average molecular weight is 357 g/mol. The second-order valence-corrected chi connectivity index (χ2v) is 10.5. The molecule has 1 atom stereocenters. The fourth-order valence-electron chi connectivity index (χ4n) is 3.62. The maximum atomic E-state index is 13.2. The molecule has 3 heteroatoms. The number of hydrogen-bond donors (Lipinski definition) is 1. The van der Waals surface area contributed by atoms with E-state index < -0.39 is 0 Å². The molecule has 0 radical (unpaired) electrons. The Kier molecular flexibility index (Phi) is 5.45. The van der Waals surface area contributed by atoms with Gasteiger partial charge >= 0.3 is 0 Å². The lowest BCUT2D eigenvalue weighted by molar-refractivity contribution is -0.129. The van der Waals surface area contributed by atoms with Crippen molar-refractivity contribution >= 4 is 16.7 Å². The van der Waals surface area contributed by atoms with E-state index in [9.17, 15) is 4.79 Å². The van der Waals surface area contributed by atoms with E-state index in [1.54, 1.807) is 0 Å². The van der Waals surface area contributed by atoms with Gasteiger partial charge in [0.2, 0.25) is 0 Å². The lowest BCUT2D eigenvalue weighted by Gasteiger charge is -2.33. The van der Waals surface area contributed by atoms with Crippen LogP contribution in [0.5, 0.6) is 0 Å². The molecule has 144 valence electrons. The van der Waals surface area contributed by atoms with Gasteiger partial charge in [0.05, 0.1) is 6.04 Å². The molecule has 0 aliphatic rings. The van der Waals surface area contributed by atoms with Gasteiger partial charge < -0.3 is 9.88 Å². The molecule has 2 rings (SSSR count). The normalized spacial score (nSPS) is 14.7. The molecule has 26 heavy (non-hydrogen) atoms. The molecule has 0 saturated heterocycles. The van der Waals surface area contributed by atoms with Crippen molar-refractivity contribution < 1.29 is 4.79 Å². The van der Waals surface area contributed by atoms with Crippen molar-refractivity contribution in [3.05, 3.63) is 36.0 Å². The van der Waals surface area contributed by atoms with E-state index >= 15 is 0 Å². The zero-order valence-corrected chi connectivity index (χ0v) is 18.0. The fourth-order valence-corrected chi connectivity index (χ4v) is 3.62. The Labute approximate surface area is 159 Å². The van der Waals surface area contributed by atoms with E-state index in [-0.39, 0.29) is 28.3 Å². The van der Waals surface area contributed by atoms with Gasteiger partial charge in [0.25, 0.3) is 0 Å². The first-order chi connectivity index (χ1) is 11.7. The number of benzene rings is 1. The number of hydrogen-bond acceptors (Lipinski definition) is 2. The van der Waals surface area contributed by atoms with Gasteiger partial charge in [-0.2, -0.15) is 0 Å². The zero-order valence-electron chi connectivity index (χ0n) is 18.0. The Morgan fingerprint density at radius 3 is 2.08 bits per heavy atom. The highest BCUT2D eigenvalue weighted by Gasteiger charge is 2.33. The number of Topliss-reactive ketones (excluding diaryl/α,β-unsaturated/α-hetero) is 1. The van der Waals surface area contributed by atoms with Crippen LogP contribution in [0.3, 0.4) is 0 Å². The van der Waals surface area contributed by atoms with Crippen molar-refractivity contribution in [3.63, 3.8) is 0 Å². The third kappa shape index (κ3) is 4.76. The summed E-state index contributed by atoms with van der Waals surface area (Å²) in [7, 11) is 0. The Morgan fingerprint density at radius 2 is 1.58 bits per heavy atom. The smallest absolute Gasteiger partial charge is 0.155 e. The molecule has 3 nitrogen and oxygen atoms in total. The summed E-state index contributed by atoms with van der Waals surface area (Å²) in [5.41, 5.74) is 1.90. The predicted octanol–water partition coefficient (Wildman–Crippen LogP) is 5.31. The summed E-state index contributed by atoms with van der Waals surface area (Å²) in [4.78, 5) is 13.2. The predicted molar refractivity (Wildman–Crippen MR) is 112 cm³/mol. The first kappa shape index (κ1) is 20.7. The second-order valence-electron chi connectivity index (χ2n) is 10.5. The molecule has 0 spiro atoms. The largest absolute Gasteiger partial charge is 0.339 e. The third-order valence-corrected chi connectivity index (χ3v) is 4.53. The number of carbonyl (C=O) groups excluding carboxylic acids is 1. The number of para-hydroxylation sites is 1. The summed E-state index contributed by atoms with van der Waals surface area (Å²) in [5, 5.41) is 4.80. The summed E-state index contributed by atoms with van der Waals surface area (Å²) >= 11 is 0. The molecule has 1 heterocycles. The topological polar surface area (TPSA) is 34.0 Å². The van der Waals surface area contributed by atoms with E-state index in [0.717, 1.165) is 0 Å². The van der Waals surface area contributed by atoms with Crippen LogP contribution in [0.15, 0.2) is 30.3 Å². The van der Waals surface area contributed by atoms with Crippen LogP contribution in [0.1, 0.15) is 68.0 Å². The van der Waals surface area contributed by atoms with Crippen molar-refractivity contribution in [2.75, 3.05) is 0 Å². The number of carbonyl (C=O) groups is 1. The van der Waals surface area contributed by atoms with Gasteiger partial charge in [-0.3, -0.25) is 4.79 Å². The van der Waals surface area contributed by atoms with Crippen LogP contribution in [-0.2, 0) is 16.8 Å². The number of ketones is 1. The lowest BCUT2D eigenvalue weighted by atomic mass is 9.84. The van der Waals surface area contributed by atoms with Gasteiger partial charge in [-0.05, 0) is 59.1 Å². The molecule has 0 aliphatic carbocycles. The molecule has 1 N–H and O–H groups in total. The van der Waals surface area contributed by atoms with Crippen molar-refractivity contribution in [1.29, 1.82) is 0 Å². The molecule has 0 unspecified atom stereocenters. The van der Waals surface area contributed by atoms with Crippen LogP contribution >= 0.6 is 0 Å². The van der Waals surface area contributed by atoms with Crippen molar-refractivity contribution in [2.45, 2.75) is 85.9 Å². The van der Waals surface area contributed by atoms with Crippen LogP contribution in [0.25, 0.3) is 10.9 Å². The Bertz CT molecular complexity index is 779. The third-order valence-electron chi connectivity index (χ3n) is 4.53. The molecule has 1 aromatic carbocycles. The average Bonchev–Trinajstić information content (AvgIpc) is 2.81. The van der Waals surface area contributed by atoms with Gasteiger partial charge in [0, 0.05) is 34.1 Å². The number of nitrogens with zero attached hydrogens (tertiary/aromatic N) is 1. The molecular weight excluding hydrogens is 320 g/mol. The summed E-state index contributed by atoms with van der Waals surface area (Å²) in [6.45, 7) is 19.0. The number of rotatable bonds is 4. The summed E-state index contributed by atoms with van der Waals surface area (Å²) in [6, 6.07) is 10.5. The Balaban J connectivity index is 2.53. The van der Waals surface area contributed by atoms with Gasteiger partial charge in [-0.25, -0.2) is 0 Å². The Hall–Kier alpha value is -1.61. The van der Waals surface area contributed by atoms with E-state index in [4.69, 9.17) is 0 Å². The lowest BCUT2D eigenvalue weighted by Crippen LogP contribution is -2.52. The van der Waals surface area contributed by atoms with Crippen LogP contribution < -0.4 is 5.32 Å². The van der Waals surface area contributed by atoms with Crippen molar-refractivity contribution in [3.8, 4) is 0 Å². The minimum atomic E-state index is -0.374. The molecule has 0 saturated carbocycles. The standard InChI is InChI=1S/C23H36N2O/c1-21(2,3)20(26)18(24-22(4,5)6)15-17-14-16-12-10-11-13-19(16)25(17)23(7,8)9/h10-14,18,24H,15H2,1-9H3/t18-/m0/s1.